The summed E-state index contributed by atoms with van der Waals surface area (Å²) in [6.07, 6.45) is 0.765. The van der Waals surface area contributed by atoms with Crippen LogP contribution in [0.25, 0.3) is 0 Å². The zero-order valence-corrected chi connectivity index (χ0v) is 17.4. The van der Waals surface area contributed by atoms with Crippen LogP contribution in [0.1, 0.15) is 6.42 Å². The average Bonchev–Trinajstić information content (AvgIpc) is 2.63. The number of hydrogen-bond acceptors (Lipinski definition) is 7. The van der Waals surface area contributed by atoms with Crippen molar-refractivity contribution < 1.29 is 13.3 Å². The van der Waals surface area contributed by atoms with Gasteiger partial charge in [0, 0.05) is 22.8 Å². The molecule has 0 bridgehead atoms. The molecule has 10 heteroatoms. The van der Waals surface area contributed by atoms with Gasteiger partial charge in [-0.3, -0.25) is 10.1 Å². The molecule has 0 fully saturated rings. The zero-order chi connectivity index (χ0) is 20.7. The summed E-state index contributed by atoms with van der Waals surface area (Å²) in [6, 6.07) is 13.5. The lowest BCUT2D eigenvalue weighted by Crippen LogP contribution is -2.28. The Morgan fingerprint density at radius 2 is 1.89 bits per heavy atom. The fourth-order valence-corrected chi connectivity index (χ4v) is 4.03. The first-order valence-electron chi connectivity index (χ1n) is 8.57. The predicted octanol–water partition coefficient (Wildman–Crippen LogP) is 2.77. The molecule has 0 saturated carbocycles. The number of nitrogens with two attached hydrogens (primary N) is 1. The lowest BCUT2D eigenvalue weighted by Gasteiger charge is -2.21. The number of rotatable bonds is 10. The second-order valence-corrected chi connectivity index (χ2v) is 9.19. The monoisotopic (exact) mass is 424 g/mol. The first kappa shape index (κ1) is 22.2. The second kappa shape index (κ2) is 9.87. The van der Waals surface area contributed by atoms with Crippen molar-refractivity contribution in [1.82, 2.24) is 4.90 Å². The summed E-state index contributed by atoms with van der Waals surface area (Å²) in [5.74, 6) is 0.700. The molecule has 2 aromatic carbocycles. The van der Waals surface area contributed by atoms with E-state index in [1.165, 1.54) is 12.1 Å². The van der Waals surface area contributed by atoms with Gasteiger partial charge in [-0.2, -0.15) is 0 Å². The second-order valence-electron chi connectivity index (χ2n) is 6.54. The molecule has 0 saturated heterocycles. The molecule has 152 valence electrons. The Balaban J connectivity index is 2.22. The van der Waals surface area contributed by atoms with E-state index in [-0.39, 0.29) is 22.3 Å². The van der Waals surface area contributed by atoms with Crippen molar-refractivity contribution in [3.05, 3.63) is 58.6 Å². The summed E-state index contributed by atoms with van der Waals surface area (Å²) in [5, 5.41) is 19.7. The molecule has 0 aliphatic carbocycles. The van der Waals surface area contributed by atoms with Gasteiger partial charge in [0.05, 0.1) is 9.82 Å². The van der Waals surface area contributed by atoms with Crippen LogP contribution in [0.3, 0.4) is 0 Å². The highest BCUT2D eigenvalue weighted by Crippen LogP contribution is 2.29. The van der Waals surface area contributed by atoms with Gasteiger partial charge in [0.2, 0.25) is 10.0 Å². The Labute approximate surface area is 169 Å². The van der Waals surface area contributed by atoms with Crippen molar-refractivity contribution in [3.8, 4) is 0 Å². The third-order valence-electron chi connectivity index (χ3n) is 3.97. The van der Waals surface area contributed by atoms with Gasteiger partial charge in [-0.15, -0.1) is 11.8 Å². The molecule has 8 nitrogen and oxygen atoms in total. The Hall–Kier alpha value is -2.14. The number of hydrogen-bond donors (Lipinski definition) is 2. The van der Waals surface area contributed by atoms with Crippen LogP contribution in [0.5, 0.6) is 0 Å². The Morgan fingerprint density at radius 3 is 2.46 bits per heavy atom. The Morgan fingerprint density at radius 1 is 1.21 bits per heavy atom. The maximum Gasteiger partial charge on any atom is 0.293 e. The van der Waals surface area contributed by atoms with Crippen LogP contribution in [0, 0.1) is 10.1 Å². The maximum atomic E-state index is 11.5. The van der Waals surface area contributed by atoms with E-state index in [0.29, 0.717) is 5.75 Å². The summed E-state index contributed by atoms with van der Waals surface area (Å²) >= 11 is 1.65. The molecule has 2 aromatic rings. The summed E-state index contributed by atoms with van der Waals surface area (Å²) in [6.45, 7) is 0.802. The number of anilines is 1. The first-order valence-corrected chi connectivity index (χ1v) is 11.1. The molecule has 0 heterocycles. The predicted molar refractivity (Wildman–Crippen MR) is 112 cm³/mol. The largest absolute Gasteiger partial charge is 0.376 e. The van der Waals surface area contributed by atoms with Crippen molar-refractivity contribution in [2.45, 2.75) is 22.3 Å². The third-order valence-corrected chi connectivity index (χ3v) is 6.06. The lowest BCUT2D eigenvalue weighted by molar-refractivity contribution is -0.384. The minimum Gasteiger partial charge on any atom is -0.376 e. The first-order chi connectivity index (χ1) is 13.2. The summed E-state index contributed by atoms with van der Waals surface area (Å²) in [4.78, 5) is 13.7. The number of nitrogens with zero attached hydrogens (tertiary/aromatic N) is 2. The molecule has 0 radical (unpaired) electrons. The highest BCUT2D eigenvalue weighted by atomic mass is 32.2. The van der Waals surface area contributed by atoms with E-state index in [1.54, 1.807) is 11.8 Å². The van der Waals surface area contributed by atoms with Crippen molar-refractivity contribution >= 4 is 33.2 Å². The van der Waals surface area contributed by atoms with Gasteiger partial charge in [0.25, 0.3) is 5.69 Å². The highest BCUT2D eigenvalue weighted by Gasteiger charge is 2.21. The Bertz CT molecular complexity index is 905. The van der Waals surface area contributed by atoms with Gasteiger partial charge >= 0.3 is 0 Å². The molecule has 1 atom stereocenters. The van der Waals surface area contributed by atoms with E-state index in [9.17, 15) is 18.5 Å². The molecular formula is C18H24N4O4S2. The molecule has 0 unspecified atom stereocenters. The Kier molecular flexibility index (Phi) is 7.81. The number of sulfonamides is 1. The van der Waals surface area contributed by atoms with E-state index < -0.39 is 14.9 Å². The van der Waals surface area contributed by atoms with Crippen LogP contribution in [0.15, 0.2) is 58.3 Å². The number of nitro benzene ring substituents is 1. The van der Waals surface area contributed by atoms with E-state index in [4.69, 9.17) is 5.14 Å². The fraction of sp³-hybridized carbons (Fsp3) is 0.333. The smallest absolute Gasteiger partial charge is 0.293 e. The van der Waals surface area contributed by atoms with Crippen molar-refractivity contribution in [2.24, 2.45) is 5.14 Å². The molecule has 0 aromatic heterocycles. The molecule has 2 rings (SSSR count). The van der Waals surface area contributed by atoms with Gasteiger partial charge in [0.1, 0.15) is 5.69 Å². The van der Waals surface area contributed by atoms with Gasteiger partial charge in [-0.05, 0) is 51.3 Å². The van der Waals surface area contributed by atoms with Crippen LogP contribution in [0.4, 0.5) is 11.4 Å². The van der Waals surface area contributed by atoms with Gasteiger partial charge in [-0.25, -0.2) is 13.6 Å². The van der Waals surface area contributed by atoms with Crippen molar-refractivity contribution in [3.63, 3.8) is 0 Å². The van der Waals surface area contributed by atoms with Crippen LogP contribution in [0.2, 0.25) is 0 Å². The van der Waals surface area contributed by atoms with E-state index in [0.717, 1.165) is 23.9 Å². The molecule has 0 aliphatic rings. The maximum absolute atomic E-state index is 11.5. The van der Waals surface area contributed by atoms with Gasteiger partial charge in [0.15, 0.2) is 0 Å². The fourth-order valence-electron chi connectivity index (χ4n) is 2.51. The van der Waals surface area contributed by atoms with Gasteiger partial charge in [-0.1, -0.05) is 18.2 Å². The van der Waals surface area contributed by atoms with E-state index >= 15 is 0 Å². The molecule has 3 N–H and O–H groups in total. The van der Waals surface area contributed by atoms with Crippen LogP contribution in [-0.4, -0.2) is 50.7 Å². The quantitative estimate of drug-likeness (QED) is 0.342. The molecule has 0 spiro atoms. The number of thioether (sulfide) groups is 1. The van der Waals surface area contributed by atoms with Crippen LogP contribution >= 0.6 is 11.8 Å². The normalized spacial score (nSPS) is 12.7. The number of primary sulfonamides is 1. The topological polar surface area (TPSA) is 119 Å². The third kappa shape index (κ3) is 6.79. The molecule has 0 aliphatic heterocycles. The van der Waals surface area contributed by atoms with Crippen molar-refractivity contribution in [1.29, 1.82) is 0 Å². The zero-order valence-electron chi connectivity index (χ0n) is 15.7. The van der Waals surface area contributed by atoms with Crippen molar-refractivity contribution in [2.75, 3.05) is 31.7 Å². The van der Waals surface area contributed by atoms with E-state index in [2.05, 4.69) is 5.32 Å². The standard InChI is InChI=1S/C18H24N4O4S2/c1-21(2)11-10-14(13-27-15-6-4-3-5-7-15)20-17-9-8-16(28(19,25)26)12-18(17)22(23)24/h3-9,12,14,20H,10-11,13H2,1-2H3,(H2,19,25,26)/t14-/m0/s1. The molecule has 28 heavy (non-hydrogen) atoms. The highest BCUT2D eigenvalue weighted by molar-refractivity contribution is 7.99. The minimum atomic E-state index is -4.01. The average molecular weight is 425 g/mol. The summed E-state index contributed by atoms with van der Waals surface area (Å²) in [5.41, 5.74) is -0.0408. The number of nitro groups is 1. The number of benzene rings is 2. The summed E-state index contributed by atoms with van der Waals surface area (Å²) in [7, 11) is -0.0887. The SMILES string of the molecule is CN(C)CC[C@@H](CSc1ccccc1)Nc1ccc(S(N)(=O)=O)cc1[N+](=O)[O-]. The van der Waals surface area contributed by atoms with E-state index in [1.807, 2.05) is 49.3 Å². The minimum absolute atomic E-state index is 0.0494. The molecular weight excluding hydrogens is 400 g/mol. The lowest BCUT2D eigenvalue weighted by atomic mass is 10.2. The van der Waals surface area contributed by atoms with Crippen LogP contribution < -0.4 is 10.5 Å². The molecule has 0 amide bonds. The number of nitrogens with one attached hydrogen (secondary N) is 1. The summed E-state index contributed by atoms with van der Waals surface area (Å²) < 4.78 is 23.0. The van der Waals surface area contributed by atoms with Gasteiger partial charge < -0.3 is 10.2 Å². The van der Waals surface area contributed by atoms with Crippen LogP contribution in [-0.2, 0) is 10.0 Å².